The molecule has 0 heteroatoms. The Bertz CT molecular complexity index is 256. The maximum absolute atomic E-state index is 2.26. The van der Waals surface area contributed by atoms with Crippen LogP contribution >= 0.6 is 0 Å². The number of hydrogen-bond donors (Lipinski definition) is 0. The summed E-state index contributed by atoms with van der Waals surface area (Å²) in [7, 11) is 0. The Morgan fingerprint density at radius 2 is 0.800 bits per heavy atom. The molecular weight excluding hydrogens is 180 g/mol. The predicted octanol–water partition coefficient (Wildman–Crippen LogP) is 5.28. The van der Waals surface area contributed by atoms with E-state index in [1.807, 2.05) is 27.7 Å². The van der Waals surface area contributed by atoms with Crippen molar-refractivity contribution in [1.82, 2.24) is 0 Å². The minimum atomic E-state index is 1.41. The van der Waals surface area contributed by atoms with Gasteiger partial charge in [-0.1, -0.05) is 33.8 Å². The Hall–Kier alpha value is -0.780. The molecule has 0 aliphatic carbocycles. The summed E-state index contributed by atoms with van der Waals surface area (Å²) in [5.74, 6) is 0. The molecular formula is C15H28. The molecule has 0 spiro atoms. The van der Waals surface area contributed by atoms with Gasteiger partial charge in [0.2, 0.25) is 0 Å². The van der Waals surface area contributed by atoms with Gasteiger partial charge in [0, 0.05) is 0 Å². The first kappa shape index (κ1) is 16.6. The average molecular weight is 208 g/mol. The maximum atomic E-state index is 2.26. The van der Waals surface area contributed by atoms with Crippen LogP contribution in [0.25, 0.3) is 0 Å². The molecule has 0 amide bonds. The van der Waals surface area contributed by atoms with Gasteiger partial charge >= 0.3 is 0 Å². The van der Waals surface area contributed by atoms with Gasteiger partial charge < -0.3 is 0 Å². The second-order valence-electron chi connectivity index (χ2n) is 3.39. The molecule has 0 aliphatic heterocycles. The Morgan fingerprint density at radius 3 is 1.07 bits per heavy atom. The third-order valence-corrected chi connectivity index (χ3v) is 2.74. The molecule has 0 N–H and O–H groups in total. The molecule has 0 aromatic heterocycles. The summed E-state index contributed by atoms with van der Waals surface area (Å²) in [6, 6.07) is 2.26. The fourth-order valence-corrected chi connectivity index (χ4v) is 1.41. The van der Waals surface area contributed by atoms with Gasteiger partial charge in [-0.15, -0.1) is 0 Å². The number of rotatable bonds is 0. The minimum absolute atomic E-state index is 1.41. The molecule has 15 heavy (non-hydrogen) atoms. The monoisotopic (exact) mass is 208 g/mol. The Labute approximate surface area is 96.7 Å². The molecule has 1 aromatic rings. The van der Waals surface area contributed by atoms with Crippen molar-refractivity contribution in [2.75, 3.05) is 0 Å². The van der Waals surface area contributed by atoms with Crippen LogP contribution in [0, 0.1) is 34.6 Å². The molecule has 0 radical (unpaired) electrons. The van der Waals surface area contributed by atoms with Crippen LogP contribution < -0.4 is 0 Å². The van der Waals surface area contributed by atoms with Gasteiger partial charge in [-0.25, -0.2) is 0 Å². The van der Waals surface area contributed by atoms with Gasteiger partial charge in [0.25, 0.3) is 0 Å². The van der Waals surface area contributed by atoms with Gasteiger partial charge in [-0.05, 0) is 62.4 Å². The molecule has 1 rings (SSSR count). The molecule has 0 saturated carbocycles. The van der Waals surface area contributed by atoms with Crippen molar-refractivity contribution in [3.05, 3.63) is 33.9 Å². The second kappa shape index (κ2) is 8.52. The van der Waals surface area contributed by atoms with E-state index in [0.717, 1.165) is 0 Å². The van der Waals surface area contributed by atoms with Crippen LogP contribution in [-0.4, -0.2) is 0 Å². The van der Waals surface area contributed by atoms with Crippen LogP contribution in [0.2, 0.25) is 0 Å². The Morgan fingerprint density at radius 1 is 0.533 bits per heavy atom. The summed E-state index contributed by atoms with van der Waals surface area (Å²) in [4.78, 5) is 0. The molecule has 0 nitrogen and oxygen atoms in total. The molecule has 0 saturated heterocycles. The Balaban J connectivity index is 0. The second-order valence-corrected chi connectivity index (χ2v) is 3.39. The Kier molecular flexibility index (Phi) is 9.46. The molecule has 88 valence electrons. The molecule has 0 unspecified atom stereocenters. The van der Waals surface area contributed by atoms with Crippen molar-refractivity contribution in [3.8, 4) is 0 Å². The summed E-state index contributed by atoms with van der Waals surface area (Å²) in [5, 5.41) is 0. The van der Waals surface area contributed by atoms with Gasteiger partial charge in [0.1, 0.15) is 0 Å². The lowest BCUT2D eigenvalue weighted by Crippen LogP contribution is -1.93. The first-order valence-electron chi connectivity index (χ1n) is 6.08. The van der Waals surface area contributed by atoms with Gasteiger partial charge in [0.15, 0.2) is 0 Å². The standard InChI is InChI=1S/C11H16.2C2H6/c1-7-6-8(2)10(4)11(5)9(7)3;2*1-2/h6H,1-5H3;2*1-2H3. The lowest BCUT2D eigenvalue weighted by molar-refractivity contribution is 1.18. The van der Waals surface area contributed by atoms with Crippen LogP contribution in [0.15, 0.2) is 6.07 Å². The van der Waals surface area contributed by atoms with Crippen molar-refractivity contribution in [1.29, 1.82) is 0 Å². The fourth-order valence-electron chi connectivity index (χ4n) is 1.41. The third-order valence-electron chi connectivity index (χ3n) is 2.74. The molecule has 0 atom stereocenters. The summed E-state index contributed by atoms with van der Waals surface area (Å²) in [6.45, 7) is 18.9. The minimum Gasteiger partial charge on any atom is -0.0683 e. The highest BCUT2D eigenvalue weighted by atomic mass is 14.1. The van der Waals surface area contributed by atoms with E-state index in [1.165, 1.54) is 27.8 Å². The highest BCUT2D eigenvalue weighted by Gasteiger charge is 2.02. The van der Waals surface area contributed by atoms with Crippen LogP contribution in [0.1, 0.15) is 55.5 Å². The lowest BCUT2D eigenvalue weighted by atomic mass is 9.96. The predicted molar refractivity (Wildman–Crippen MR) is 72.8 cm³/mol. The lowest BCUT2D eigenvalue weighted by Gasteiger charge is -2.10. The van der Waals surface area contributed by atoms with Crippen molar-refractivity contribution < 1.29 is 0 Å². The topological polar surface area (TPSA) is 0 Å². The maximum Gasteiger partial charge on any atom is -0.0392 e. The van der Waals surface area contributed by atoms with E-state index >= 15 is 0 Å². The zero-order valence-corrected chi connectivity index (χ0v) is 12.1. The van der Waals surface area contributed by atoms with Crippen LogP contribution in [0.4, 0.5) is 0 Å². The number of benzene rings is 1. The zero-order valence-electron chi connectivity index (χ0n) is 12.1. The van der Waals surface area contributed by atoms with E-state index in [2.05, 4.69) is 40.7 Å². The molecule has 0 fully saturated rings. The van der Waals surface area contributed by atoms with Crippen molar-refractivity contribution in [2.45, 2.75) is 62.3 Å². The van der Waals surface area contributed by atoms with E-state index in [1.54, 1.807) is 0 Å². The first-order valence-corrected chi connectivity index (χ1v) is 6.08. The molecule has 0 bridgehead atoms. The summed E-state index contributed by atoms with van der Waals surface area (Å²) < 4.78 is 0. The van der Waals surface area contributed by atoms with Crippen molar-refractivity contribution in [3.63, 3.8) is 0 Å². The van der Waals surface area contributed by atoms with E-state index < -0.39 is 0 Å². The van der Waals surface area contributed by atoms with Crippen molar-refractivity contribution >= 4 is 0 Å². The smallest absolute Gasteiger partial charge is 0.0392 e. The first-order chi connectivity index (χ1) is 7.04. The van der Waals surface area contributed by atoms with E-state index in [0.29, 0.717) is 0 Å². The summed E-state index contributed by atoms with van der Waals surface area (Å²) >= 11 is 0. The van der Waals surface area contributed by atoms with Crippen LogP contribution in [0.5, 0.6) is 0 Å². The van der Waals surface area contributed by atoms with E-state index in [9.17, 15) is 0 Å². The largest absolute Gasteiger partial charge is 0.0683 e. The van der Waals surface area contributed by atoms with E-state index in [-0.39, 0.29) is 0 Å². The summed E-state index contributed by atoms with van der Waals surface area (Å²) in [5.41, 5.74) is 7.14. The summed E-state index contributed by atoms with van der Waals surface area (Å²) in [6.07, 6.45) is 0. The normalized spacial score (nSPS) is 8.33. The highest BCUT2D eigenvalue weighted by molar-refractivity contribution is 5.42. The van der Waals surface area contributed by atoms with Crippen LogP contribution in [0.3, 0.4) is 0 Å². The zero-order chi connectivity index (χ0) is 12.6. The van der Waals surface area contributed by atoms with Gasteiger partial charge in [0.05, 0.1) is 0 Å². The van der Waals surface area contributed by atoms with Gasteiger partial charge in [-0.2, -0.15) is 0 Å². The van der Waals surface area contributed by atoms with Gasteiger partial charge in [-0.3, -0.25) is 0 Å². The van der Waals surface area contributed by atoms with Crippen LogP contribution in [-0.2, 0) is 0 Å². The van der Waals surface area contributed by atoms with E-state index in [4.69, 9.17) is 0 Å². The molecule has 0 aliphatic rings. The molecule has 1 aromatic carbocycles. The highest BCUT2D eigenvalue weighted by Crippen LogP contribution is 2.19. The third kappa shape index (κ3) is 4.51. The fraction of sp³-hybridized carbons (Fsp3) is 0.600. The quantitative estimate of drug-likeness (QED) is 0.544. The average Bonchev–Trinajstić information content (AvgIpc) is 2.29. The SMILES string of the molecule is CC.CC.Cc1cc(C)c(C)c(C)c1C. The number of aryl methyl sites for hydroxylation is 2. The van der Waals surface area contributed by atoms with Crippen molar-refractivity contribution in [2.24, 2.45) is 0 Å². The molecule has 0 heterocycles. The number of hydrogen-bond acceptors (Lipinski definition) is 0.